The van der Waals surface area contributed by atoms with Crippen LogP contribution in [0.15, 0.2) is 0 Å². The molecule has 0 heterocycles. The third-order valence-electron chi connectivity index (χ3n) is 4.47. The van der Waals surface area contributed by atoms with Crippen molar-refractivity contribution in [3.8, 4) is 0 Å². The van der Waals surface area contributed by atoms with Gasteiger partial charge >= 0.3 is 0 Å². The molecule has 0 aromatic heterocycles. The average molecular weight is 293 g/mol. The molecule has 3 unspecified atom stereocenters. The molecule has 0 radical (unpaired) electrons. The molecule has 1 saturated carbocycles. The molecule has 0 saturated heterocycles. The van der Waals surface area contributed by atoms with Crippen molar-refractivity contribution in [2.45, 2.75) is 52.6 Å². The Morgan fingerprint density at radius 2 is 1.90 bits per heavy atom. The lowest BCUT2D eigenvalue weighted by atomic mass is 9.68. The van der Waals surface area contributed by atoms with E-state index < -0.39 is 12.5 Å². The Hall–Kier alpha value is -0.260. The van der Waals surface area contributed by atoms with Gasteiger partial charge in [0.25, 0.3) is 6.43 Å². The number of rotatable bonds is 6. The number of aliphatic hydroxyl groups is 2. The molecule has 5 heteroatoms. The molecular weight excluding hydrogens is 264 g/mol. The van der Waals surface area contributed by atoms with E-state index in [-0.39, 0.29) is 31.0 Å². The second-order valence-corrected chi connectivity index (χ2v) is 7.08. The van der Waals surface area contributed by atoms with Gasteiger partial charge in [-0.15, -0.1) is 0 Å². The van der Waals surface area contributed by atoms with Crippen molar-refractivity contribution in [1.29, 1.82) is 0 Å². The predicted molar refractivity (Wildman–Crippen MR) is 75.8 cm³/mol. The number of alkyl halides is 2. The highest BCUT2D eigenvalue weighted by Crippen LogP contribution is 2.40. The summed E-state index contributed by atoms with van der Waals surface area (Å²) in [5.41, 5.74) is 0.183. The molecule has 20 heavy (non-hydrogen) atoms. The summed E-state index contributed by atoms with van der Waals surface area (Å²) in [4.78, 5) is 1.57. The molecule has 0 bridgehead atoms. The van der Waals surface area contributed by atoms with Crippen molar-refractivity contribution in [3.05, 3.63) is 0 Å². The van der Waals surface area contributed by atoms with Crippen molar-refractivity contribution in [2.75, 3.05) is 26.2 Å². The van der Waals surface area contributed by atoms with E-state index in [2.05, 4.69) is 20.8 Å². The van der Waals surface area contributed by atoms with E-state index in [9.17, 15) is 13.9 Å². The maximum atomic E-state index is 12.5. The van der Waals surface area contributed by atoms with E-state index in [1.54, 1.807) is 4.90 Å². The van der Waals surface area contributed by atoms with E-state index in [4.69, 9.17) is 5.11 Å². The summed E-state index contributed by atoms with van der Waals surface area (Å²) in [6.45, 7) is 6.81. The maximum absolute atomic E-state index is 12.5. The van der Waals surface area contributed by atoms with Gasteiger partial charge in [-0.3, -0.25) is 4.90 Å². The minimum atomic E-state index is -2.40. The molecule has 0 spiro atoms. The molecule has 2 N–H and O–H groups in total. The van der Waals surface area contributed by atoms with Gasteiger partial charge in [0, 0.05) is 13.1 Å². The van der Waals surface area contributed by atoms with Crippen LogP contribution in [0.3, 0.4) is 0 Å². The third-order valence-corrected chi connectivity index (χ3v) is 4.47. The number of nitrogens with zero attached hydrogens (tertiary/aromatic N) is 1. The molecule has 1 rings (SSSR count). The maximum Gasteiger partial charge on any atom is 0.251 e. The molecule has 120 valence electrons. The van der Waals surface area contributed by atoms with Gasteiger partial charge in [0.05, 0.1) is 19.3 Å². The smallest absolute Gasteiger partial charge is 0.251 e. The Bertz CT molecular complexity index is 282. The van der Waals surface area contributed by atoms with Gasteiger partial charge in [-0.2, -0.15) is 0 Å². The largest absolute Gasteiger partial charge is 0.395 e. The first-order valence-electron chi connectivity index (χ1n) is 7.53. The van der Waals surface area contributed by atoms with Crippen LogP contribution in [0, 0.1) is 17.3 Å². The highest BCUT2D eigenvalue weighted by Gasteiger charge is 2.35. The van der Waals surface area contributed by atoms with Crippen LogP contribution in [-0.2, 0) is 0 Å². The number of halogens is 2. The van der Waals surface area contributed by atoms with Gasteiger partial charge in [-0.05, 0) is 36.5 Å². The molecule has 0 aliphatic heterocycles. The van der Waals surface area contributed by atoms with Crippen molar-refractivity contribution >= 4 is 0 Å². The second kappa shape index (κ2) is 7.66. The van der Waals surface area contributed by atoms with Crippen LogP contribution < -0.4 is 0 Å². The Labute approximate surface area is 121 Å². The Morgan fingerprint density at radius 1 is 1.25 bits per heavy atom. The average Bonchev–Trinajstić information content (AvgIpc) is 2.30. The van der Waals surface area contributed by atoms with E-state index in [1.807, 2.05) is 0 Å². The van der Waals surface area contributed by atoms with E-state index in [0.717, 1.165) is 19.3 Å². The molecule has 0 amide bonds. The minimum absolute atomic E-state index is 0.0262. The van der Waals surface area contributed by atoms with E-state index >= 15 is 0 Å². The first-order chi connectivity index (χ1) is 9.24. The highest BCUT2D eigenvalue weighted by atomic mass is 19.3. The summed E-state index contributed by atoms with van der Waals surface area (Å²) in [7, 11) is 0. The SMILES string of the molecule is CC(C)(C)C1CCC(O)C(CN(CCO)CC(F)F)C1. The lowest BCUT2D eigenvalue weighted by molar-refractivity contribution is -0.00906. The van der Waals surface area contributed by atoms with Gasteiger partial charge in [-0.1, -0.05) is 20.8 Å². The Balaban J connectivity index is 2.61. The molecule has 1 aliphatic rings. The van der Waals surface area contributed by atoms with Crippen LogP contribution in [0.5, 0.6) is 0 Å². The monoisotopic (exact) mass is 293 g/mol. The zero-order valence-electron chi connectivity index (χ0n) is 12.9. The highest BCUT2D eigenvalue weighted by molar-refractivity contribution is 4.87. The normalized spacial score (nSPS) is 28.4. The fourth-order valence-electron chi connectivity index (χ4n) is 3.16. The van der Waals surface area contributed by atoms with Gasteiger partial charge in [0.1, 0.15) is 0 Å². The predicted octanol–water partition coefficient (Wildman–Crippen LogP) is 2.37. The summed E-state index contributed by atoms with van der Waals surface area (Å²) in [5, 5.41) is 19.1. The van der Waals surface area contributed by atoms with Crippen LogP contribution in [0.2, 0.25) is 0 Å². The summed E-state index contributed by atoms with van der Waals surface area (Å²) in [5.74, 6) is 0.539. The fourth-order valence-corrected chi connectivity index (χ4v) is 3.16. The van der Waals surface area contributed by atoms with Crippen molar-refractivity contribution in [3.63, 3.8) is 0 Å². The summed E-state index contributed by atoms with van der Waals surface area (Å²) in [6, 6.07) is 0. The molecular formula is C15H29F2NO2. The zero-order valence-corrected chi connectivity index (χ0v) is 12.9. The number of hydrogen-bond acceptors (Lipinski definition) is 3. The van der Waals surface area contributed by atoms with Crippen LogP contribution in [0.4, 0.5) is 8.78 Å². The summed E-state index contributed by atoms with van der Waals surface area (Å²) < 4.78 is 25.1. The fraction of sp³-hybridized carbons (Fsp3) is 1.00. The van der Waals surface area contributed by atoms with Crippen LogP contribution >= 0.6 is 0 Å². The quantitative estimate of drug-likeness (QED) is 0.790. The van der Waals surface area contributed by atoms with Crippen molar-refractivity contribution < 1.29 is 19.0 Å². The van der Waals surface area contributed by atoms with Crippen LogP contribution in [0.25, 0.3) is 0 Å². The number of aliphatic hydroxyl groups excluding tert-OH is 2. The van der Waals surface area contributed by atoms with Crippen LogP contribution in [0.1, 0.15) is 40.0 Å². The molecule has 1 aliphatic carbocycles. The van der Waals surface area contributed by atoms with Crippen molar-refractivity contribution in [1.82, 2.24) is 4.90 Å². The first kappa shape index (κ1) is 17.8. The summed E-state index contributed by atoms with van der Waals surface area (Å²) in [6.07, 6.45) is -0.201. The Kier molecular flexibility index (Phi) is 6.82. The molecule has 3 nitrogen and oxygen atoms in total. The van der Waals surface area contributed by atoms with Gasteiger partial charge < -0.3 is 10.2 Å². The van der Waals surface area contributed by atoms with Crippen molar-refractivity contribution in [2.24, 2.45) is 17.3 Å². The lowest BCUT2D eigenvalue weighted by Gasteiger charge is -2.41. The molecule has 1 fully saturated rings. The third kappa shape index (κ3) is 5.62. The van der Waals surface area contributed by atoms with Gasteiger partial charge in [0.15, 0.2) is 0 Å². The van der Waals surface area contributed by atoms with E-state index in [1.165, 1.54) is 0 Å². The van der Waals surface area contributed by atoms with E-state index in [0.29, 0.717) is 12.5 Å². The minimum Gasteiger partial charge on any atom is -0.395 e. The summed E-state index contributed by atoms with van der Waals surface area (Å²) >= 11 is 0. The first-order valence-corrected chi connectivity index (χ1v) is 7.53. The topological polar surface area (TPSA) is 43.7 Å². The zero-order chi connectivity index (χ0) is 15.3. The van der Waals surface area contributed by atoms with Gasteiger partial charge in [0.2, 0.25) is 0 Å². The Morgan fingerprint density at radius 3 is 2.40 bits per heavy atom. The van der Waals surface area contributed by atoms with Crippen LogP contribution in [-0.4, -0.2) is 53.9 Å². The molecule has 0 aromatic rings. The lowest BCUT2D eigenvalue weighted by Crippen LogP contribution is -2.43. The molecule has 3 atom stereocenters. The second-order valence-electron chi connectivity index (χ2n) is 7.08. The molecule has 0 aromatic carbocycles. The number of hydrogen-bond donors (Lipinski definition) is 2. The van der Waals surface area contributed by atoms with Gasteiger partial charge in [-0.25, -0.2) is 8.78 Å². The standard InChI is InChI=1S/C15H29F2NO2/c1-15(2,3)12-4-5-13(20)11(8-12)9-18(6-7-19)10-14(16)17/h11-14,19-20H,4-10H2,1-3H3.